The molecule has 0 aromatic carbocycles. The maximum atomic E-state index is 12.7. The number of nitrogens with two attached hydrogens (primary N) is 1. The Morgan fingerprint density at radius 1 is 1.53 bits per heavy atom. The first-order chi connectivity index (χ1) is 6.86. The van der Waals surface area contributed by atoms with Crippen LogP contribution in [0, 0.1) is 5.92 Å². The molecule has 1 aliphatic rings. The summed E-state index contributed by atoms with van der Waals surface area (Å²) in [5, 5.41) is 8.87. The van der Waals surface area contributed by atoms with E-state index in [2.05, 4.69) is 0 Å². The molecular formula is C9H17F3N2O. The van der Waals surface area contributed by atoms with Crippen molar-refractivity contribution < 1.29 is 18.3 Å². The summed E-state index contributed by atoms with van der Waals surface area (Å²) in [5.41, 5.74) is 5.37. The van der Waals surface area contributed by atoms with E-state index in [1.807, 2.05) is 0 Å². The van der Waals surface area contributed by atoms with Crippen molar-refractivity contribution in [2.45, 2.75) is 31.6 Å². The topological polar surface area (TPSA) is 49.5 Å². The Morgan fingerprint density at radius 3 is 2.47 bits per heavy atom. The van der Waals surface area contributed by atoms with Crippen molar-refractivity contribution in [2.24, 2.45) is 11.7 Å². The number of aliphatic hydroxyl groups excluding tert-OH is 1. The van der Waals surface area contributed by atoms with E-state index in [9.17, 15) is 13.2 Å². The molecule has 1 saturated heterocycles. The Kier molecular flexibility index (Phi) is 3.97. The largest absolute Gasteiger partial charge is 0.405 e. The Bertz CT molecular complexity index is 208. The number of halogens is 3. The van der Waals surface area contributed by atoms with Gasteiger partial charge in [-0.15, -0.1) is 0 Å². The molecule has 3 N–H and O–H groups in total. The number of likely N-dealkylation sites (tertiary alicyclic amines) is 1. The van der Waals surface area contributed by atoms with E-state index >= 15 is 0 Å². The molecule has 0 bridgehead atoms. The van der Waals surface area contributed by atoms with Gasteiger partial charge < -0.3 is 10.8 Å². The molecule has 0 amide bonds. The fraction of sp³-hybridized carbons (Fsp3) is 1.00. The van der Waals surface area contributed by atoms with E-state index < -0.39 is 18.3 Å². The van der Waals surface area contributed by atoms with Crippen LogP contribution in [-0.4, -0.2) is 48.0 Å². The Balaban J connectivity index is 2.66. The molecule has 1 aliphatic heterocycles. The van der Waals surface area contributed by atoms with Crippen LogP contribution in [-0.2, 0) is 0 Å². The Labute approximate surface area is 87.0 Å². The summed E-state index contributed by atoms with van der Waals surface area (Å²) in [7, 11) is 0. The van der Waals surface area contributed by atoms with Crippen LogP contribution in [0.1, 0.15) is 13.3 Å². The molecule has 0 aliphatic carbocycles. The minimum Gasteiger partial charge on any atom is -0.396 e. The van der Waals surface area contributed by atoms with E-state index in [0.717, 1.165) is 0 Å². The van der Waals surface area contributed by atoms with Gasteiger partial charge in [0.25, 0.3) is 0 Å². The van der Waals surface area contributed by atoms with E-state index in [-0.39, 0.29) is 19.1 Å². The number of hydrogen-bond donors (Lipinski definition) is 2. The third-order valence-electron chi connectivity index (χ3n) is 2.80. The van der Waals surface area contributed by atoms with Gasteiger partial charge in [0.15, 0.2) is 0 Å². The molecule has 6 heteroatoms. The molecular weight excluding hydrogens is 209 g/mol. The van der Waals surface area contributed by atoms with Gasteiger partial charge in [-0.1, -0.05) is 0 Å². The Morgan fingerprint density at radius 2 is 2.13 bits per heavy atom. The van der Waals surface area contributed by atoms with Crippen molar-refractivity contribution in [3.63, 3.8) is 0 Å². The molecule has 3 unspecified atom stereocenters. The highest BCUT2D eigenvalue weighted by Gasteiger charge is 2.47. The van der Waals surface area contributed by atoms with Crippen molar-refractivity contribution in [2.75, 3.05) is 19.7 Å². The number of hydrogen-bond acceptors (Lipinski definition) is 3. The quantitative estimate of drug-likeness (QED) is 0.740. The summed E-state index contributed by atoms with van der Waals surface area (Å²) in [6.45, 7) is 1.95. The molecule has 90 valence electrons. The highest BCUT2D eigenvalue weighted by atomic mass is 19.4. The first-order valence-electron chi connectivity index (χ1n) is 5.03. The van der Waals surface area contributed by atoms with Crippen LogP contribution >= 0.6 is 0 Å². The van der Waals surface area contributed by atoms with Crippen LogP contribution in [0.2, 0.25) is 0 Å². The first kappa shape index (κ1) is 12.7. The summed E-state index contributed by atoms with van der Waals surface area (Å²) >= 11 is 0. The van der Waals surface area contributed by atoms with Crippen molar-refractivity contribution in [3.8, 4) is 0 Å². The molecule has 1 heterocycles. The van der Waals surface area contributed by atoms with Gasteiger partial charge in [0.05, 0.1) is 0 Å². The zero-order valence-electron chi connectivity index (χ0n) is 8.67. The van der Waals surface area contributed by atoms with Gasteiger partial charge in [-0.25, -0.2) is 0 Å². The third kappa shape index (κ3) is 3.06. The fourth-order valence-corrected chi connectivity index (χ4v) is 2.10. The molecule has 1 rings (SSSR count). The lowest BCUT2D eigenvalue weighted by Gasteiger charge is -2.32. The van der Waals surface area contributed by atoms with Crippen LogP contribution in [0.15, 0.2) is 0 Å². The first-order valence-corrected chi connectivity index (χ1v) is 5.03. The summed E-state index contributed by atoms with van der Waals surface area (Å²) in [6.07, 6.45) is -3.69. The van der Waals surface area contributed by atoms with E-state index in [0.29, 0.717) is 13.0 Å². The van der Waals surface area contributed by atoms with E-state index in [1.165, 1.54) is 11.8 Å². The molecule has 0 aromatic heterocycles. The Hall–Kier alpha value is -0.330. The van der Waals surface area contributed by atoms with Gasteiger partial charge >= 0.3 is 6.18 Å². The zero-order valence-corrected chi connectivity index (χ0v) is 8.67. The molecule has 0 aromatic rings. The van der Waals surface area contributed by atoms with Gasteiger partial charge in [-0.2, -0.15) is 13.2 Å². The molecule has 0 spiro atoms. The summed E-state index contributed by atoms with van der Waals surface area (Å²) in [5.74, 6) is -0.0476. The highest BCUT2D eigenvalue weighted by Crippen LogP contribution is 2.30. The number of nitrogens with zero attached hydrogens (tertiary/aromatic N) is 1. The maximum Gasteiger partial charge on any atom is 0.405 e. The molecule has 1 fully saturated rings. The molecule has 0 radical (unpaired) electrons. The number of rotatable bonds is 3. The van der Waals surface area contributed by atoms with Crippen LogP contribution in [0.4, 0.5) is 13.2 Å². The van der Waals surface area contributed by atoms with Gasteiger partial charge in [0.2, 0.25) is 0 Å². The molecule has 0 saturated carbocycles. The summed E-state index contributed by atoms with van der Waals surface area (Å²) < 4.78 is 38.0. The number of aliphatic hydroxyl groups is 1. The fourth-order valence-electron chi connectivity index (χ4n) is 2.10. The lowest BCUT2D eigenvalue weighted by atomic mass is 10.1. The lowest BCUT2D eigenvalue weighted by Crippen LogP contribution is -2.54. The van der Waals surface area contributed by atoms with Crippen LogP contribution < -0.4 is 5.73 Å². The predicted octanol–water partition coefficient (Wildman–Crippen LogP) is 0.579. The maximum absolute atomic E-state index is 12.7. The van der Waals surface area contributed by atoms with Gasteiger partial charge in [-0.3, -0.25) is 4.90 Å². The standard InChI is InChI=1S/C9H17F3N2O/c1-6(13)8(9(10,11)12)14-3-2-7(4-14)5-15/h6-8,15H,2-5,13H2,1H3. The van der Waals surface area contributed by atoms with Gasteiger partial charge in [0, 0.05) is 19.2 Å². The normalized spacial score (nSPS) is 28.0. The third-order valence-corrected chi connectivity index (χ3v) is 2.80. The van der Waals surface area contributed by atoms with E-state index in [1.54, 1.807) is 0 Å². The van der Waals surface area contributed by atoms with Gasteiger partial charge in [0.1, 0.15) is 6.04 Å². The molecule has 3 atom stereocenters. The predicted molar refractivity (Wildman–Crippen MR) is 50.3 cm³/mol. The van der Waals surface area contributed by atoms with Crippen molar-refractivity contribution in [1.29, 1.82) is 0 Å². The van der Waals surface area contributed by atoms with Crippen molar-refractivity contribution >= 4 is 0 Å². The minimum absolute atomic E-state index is 0.0476. The smallest absolute Gasteiger partial charge is 0.396 e. The second-order valence-electron chi connectivity index (χ2n) is 4.18. The molecule has 15 heavy (non-hydrogen) atoms. The van der Waals surface area contributed by atoms with E-state index in [4.69, 9.17) is 10.8 Å². The van der Waals surface area contributed by atoms with Crippen LogP contribution in [0.25, 0.3) is 0 Å². The summed E-state index contributed by atoms with van der Waals surface area (Å²) in [6, 6.07) is -2.53. The highest BCUT2D eigenvalue weighted by molar-refractivity contribution is 4.90. The SMILES string of the molecule is CC(N)C(N1CCC(CO)C1)C(F)(F)F. The second-order valence-corrected chi connectivity index (χ2v) is 4.18. The summed E-state index contributed by atoms with van der Waals surface area (Å²) in [4.78, 5) is 1.32. The zero-order chi connectivity index (χ0) is 11.6. The van der Waals surface area contributed by atoms with Crippen LogP contribution in [0.5, 0.6) is 0 Å². The molecule has 3 nitrogen and oxygen atoms in total. The van der Waals surface area contributed by atoms with Crippen LogP contribution in [0.3, 0.4) is 0 Å². The monoisotopic (exact) mass is 226 g/mol. The minimum atomic E-state index is -4.29. The average Bonchev–Trinajstić information content (AvgIpc) is 2.49. The lowest BCUT2D eigenvalue weighted by molar-refractivity contribution is -0.185. The van der Waals surface area contributed by atoms with Crippen molar-refractivity contribution in [1.82, 2.24) is 4.90 Å². The average molecular weight is 226 g/mol. The van der Waals surface area contributed by atoms with Gasteiger partial charge in [-0.05, 0) is 25.8 Å². The second kappa shape index (κ2) is 4.67. The van der Waals surface area contributed by atoms with Crippen molar-refractivity contribution in [3.05, 3.63) is 0 Å². The number of alkyl halides is 3.